The normalized spacial score (nSPS) is 15.3. The number of nitrogens with zero attached hydrogens (tertiary/aromatic N) is 1. The van der Waals surface area contributed by atoms with Crippen molar-refractivity contribution >= 4 is 35.3 Å². The van der Waals surface area contributed by atoms with Crippen molar-refractivity contribution in [3.05, 3.63) is 87.9 Å². The zero-order chi connectivity index (χ0) is 33.8. The summed E-state index contributed by atoms with van der Waals surface area (Å²) >= 11 is 6.16. The van der Waals surface area contributed by atoms with Crippen molar-refractivity contribution in [1.82, 2.24) is 4.90 Å². The summed E-state index contributed by atoms with van der Waals surface area (Å²) in [4.78, 5) is 40.2. The fourth-order valence-corrected chi connectivity index (χ4v) is 5.36. The molecular formula is C36H43ClN2O7. The van der Waals surface area contributed by atoms with Crippen LogP contribution in [0.1, 0.15) is 81.1 Å². The second-order valence-corrected chi connectivity index (χ2v) is 14.0. The first-order valence-corrected chi connectivity index (χ1v) is 15.7. The molecule has 10 heteroatoms. The van der Waals surface area contributed by atoms with E-state index in [0.29, 0.717) is 40.6 Å². The number of aryl methyl sites for hydroxylation is 1. The van der Waals surface area contributed by atoms with Crippen LogP contribution < -0.4 is 10.1 Å². The van der Waals surface area contributed by atoms with Crippen LogP contribution in [0.25, 0.3) is 0 Å². The number of fused-ring (bicyclic) bond motifs is 1. The van der Waals surface area contributed by atoms with Gasteiger partial charge in [0.15, 0.2) is 0 Å². The highest BCUT2D eigenvalue weighted by molar-refractivity contribution is 6.30. The van der Waals surface area contributed by atoms with E-state index >= 15 is 0 Å². The molecule has 0 aliphatic heterocycles. The third-order valence-corrected chi connectivity index (χ3v) is 7.85. The van der Waals surface area contributed by atoms with E-state index in [4.69, 9.17) is 25.8 Å². The minimum atomic E-state index is -0.956. The molecule has 0 aromatic heterocycles. The quantitative estimate of drug-likeness (QED) is 0.240. The Morgan fingerprint density at radius 1 is 0.978 bits per heavy atom. The van der Waals surface area contributed by atoms with Gasteiger partial charge in [0.2, 0.25) is 5.91 Å². The number of aliphatic hydroxyl groups excluding tert-OH is 1. The number of methoxy groups -OCH3 is 1. The first-order chi connectivity index (χ1) is 21.5. The molecule has 0 unspecified atom stereocenters. The van der Waals surface area contributed by atoms with Crippen molar-refractivity contribution in [2.75, 3.05) is 19.0 Å². The molecule has 246 valence electrons. The number of benzene rings is 3. The third kappa shape index (κ3) is 9.01. The molecule has 2 amide bonds. The second-order valence-electron chi connectivity index (χ2n) is 13.5. The Morgan fingerprint density at radius 3 is 2.33 bits per heavy atom. The zero-order valence-electron chi connectivity index (χ0n) is 27.5. The Hall–Kier alpha value is -4.08. The van der Waals surface area contributed by atoms with Crippen molar-refractivity contribution in [3.8, 4) is 11.5 Å². The second kappa shape index (κ2) is 14.1. The van der Waals surface area contributed by atoms with Crippen molar-refractivity contribution in [2.24, 2.45) is 5.41 Å². The molecule has 0 radical (unpaired) electrons. The Kier molecular flexibility index (Phi) is 10.7. The summed E-state index contributed by atoms with van der Waals surface area (Å²) in [5.74, 6) is 0.0900. The Bertz CT molecular complexity index is 1590. The lowest BCUT2D eigenvalue weighted by molar-refractivity contribution is -0.123. The number of hydrogen-bond donors (Lipinski definition) is 2. The first kappa shape index (κ1) is 34.8. The van der Waals surface area contributed by atoms with Crippen LogP contribution in [-0.4, -0.2) is 53.3 Å². The van der Waals surface area contributed by atoms with E-state index in [1.165, 1.54) is 13.2 Å². The van der Waals surface area contributed by atoms with E-state index in [-0.39, 0.29) is 24.1 Å². The fraction of sp³-hybridized carbons (Fsp3) is 0.417. The molecular weight excluding hydrogens is 608 g/mol. The SMILES string of the molecule is COC(=O)c1cc(Oc2ccc3c(c2)C[C@@H](N(C[C@@H](O)c2cccc(Cl)c2)C(=O)OC(C)(C)C)CC3)ccc1NC(=O)C(C)(C)C. The number of amides is 2. The van der Waals surface area contributed by atoms with Gasteiger partial charge < -0.3 is 29.5 Å². The molecule has 3 aromatic carbocycles. The molecule has 0 saturated heterocycles. The first-order valence-electron chi connectivity index (χ1n) is 15.3. The van der Waals surface area contributed by atoms with Gasteiger partial charge in [-0.25, -0.2) is 9.59 Å². The maximum Gasteiger partial charge on any atom is 0.410 e. The van der Waals surface area contributed by atoms with Gasteiger partial charge in [-0.15, -0.1) is 0 Å². The average Bonchev–Trinajstić information content (AvgIpc) is 2.98. The number of carbonyl (C=O) groups is 3. The lowest BCUT2D eigenvalue weighted by Gasteiger charge is -2.37. The topological polar surface area (TPSA) is 114 Å². The van der Waals surface area contributed by atoms with Crippen molar-refractivity contribution in [2.45, 2.75) is 78.6 Å². The molecule has 1 aliphatic rings. The Labute approximate surface area is 275 Å². The summed E-state index contributed by atoms with van der Waals surface area (Å²) in [7, 11) is 1.28. The van der Waals surface area contributed by atoms with E-state index in [2.05, 4.69) is 5.32 Å². The fourth-order valence-electron chi connectivity index (χ4n) is 5.16. The van der Waals surface area contributed by atoms with Crippen LogP contribution in [0.3, 0.4) is 0 Å². The molecule has 2 atom stereocenters. The van der Waals surface area contributed by atoms with E-state index in [0.717, 1.165) is 17.5 Å². The molecule has 0 fully saturated rings. The summed E-state index contributed by atoms with van der Waals surface area (Å²) in [5, 5.41) is 14.4. The van der Waals surface area contributed by atoms with Crippen molar-refractivity contribution in [3.63, 3.8) is 0 Å². The molecule has 2 N–H and O–H groups in total. The number of aliphatic hydroxyl groups is 1. The molecule has 3 aromatic rings. The van der Waals surface area contributed by atoms with Crippen molar-refractivity contribution < 1.29 is 33.7 Å². The largest absolute Gasteiger partial charge is 0.465 e. The Balaban J connectivity index is 1.57. The predicted molar refractivity (Wildman–Crippen MR) is 178 cm³/mol. The highest BCUT2D eigenvalue weighted by atomic mass is 35.5. The number of anilines is 1. The standard InChI is InChI=1S/C36H43ClN2O7/c1-35(2,3)33(42)38-30-16-15-28(20-29(30)32(41)44-7)45-27-14-12-22-11-13-26(18-24(22)19-27)39(34(43)46-36(4,5)6)21-31(40)23-9-8-10-25(37)17-23/h8-10,12,14-17,19-20,26,31,40H,11,13,18,21H2,1-7H3,(H,38,42)/t26-,31+/m0/s1. The molecule has 46 heavy (non-hydrogen) atoms. The lowest BCUT2D eigenvalue weighted by atomic mass is 9.87. The molecule has 0 bridgehead atoms. The minimum absolute atomic E-state index is 0.0415. The highest BCUT2D eigenvalue weighted by Crippen LogP contribution is 2.33. The summed E-state index contributed by atoms with van der Waals surface area (Å²) in [6, 6.07) is 17.3. The maximum absolute atomic E-state index is 13.5. The van der Waals surface area contributed by atoms with E-state index < -0.39 is 29.2 Å². The van der Waals surface area contributed by atoms with Gasteiger partial charge in [-0.2, -0.15) is 0 Å². The van der Waals surface area contributed by atoms with E-state index in [9.17, 15) is 19.5 Å². The van der Waals surface area contributed by atoms with Crippen LogP contribution >= 0.6 is 11.6 Å². The van der Waals surface area contributed by atoms with E-state index in [1.807, 2.05) is 39.0 Å². The van der Waals surface area contributed by atoms with Gasteiger partial charge in [-0.05, 0) is 99.2 Å². The molecule has 9 nitrogen and oxygen atoms in total. The number of halogens is 1. The van der Waals surface area contributed by atoms with Gasteiger partial charge in [0, 0.05) is 16.5 Å². The zero-order valence-corrected chi connectivity index (χ0v) is 28.2. The van der Waals surface area contributed by atoms with Crippen LogP contribution in [0.4, 0.5) is 10.5 Å². The Morgan fingerprint density at radius 2 is 1.67 bits per heavy atom. The lowest BCUT2D eigenvalue weighted by Crippen LogP contribution is -2.47. The van der Waals surface area contributed by atoms with Gasteiger partial charge in [0.05, 0.1) is 31.0 Å². The van der Waals surface area contributed by atoms with Crippen LogP contribution in [-0.2, 0) is 27.1 Å². The summed E-state index contributed by atoms with van der Waals surface area (Å²) in [5.41, 5.74) is 1.88. The predicted octanol–water partition coefficient (Wildman–Crippen LogP) is 7.73. The van der Waals surface area contributed by atoms with Crippen molar-refractivity contribution in [1.29, 1.82) is 0 Å². The van der Waals surface area contributed by atoms with Gasteiger partial charge in [0.25, 0.3) is 0 Å². The molecule has 0 heterocycles. The van der Waals surface area contributed by atoms with Crippen LogP contribution in [0.2, 0.25) is 5.02 Å². The number of carbonyl (C=O) groups excluding carboxylic acids is 3. The maximum atomic E-state index is 13.5. The van der Waals surface area contributed by atoms with Gasteiger partial charge in [-0.3, -0.25) is 4.79 Å². The number of esters is 1. The molecule has 1 aliphatic carbocycles. The van der Waals surface area contributed by atoms with Gasteiger partial charge >= 0.3 is 12.1 Å². The highest BCUT2D eigenvalue weighted by Gasteiger charge is 2.33. The van der Waals surface area contributed by atoms with Gasteiger partial charge in [-0.1, -0.05) is 50.6 Å². The average molecular weight is 651 g/mol. The summed E-state index contributed by atoms with van der Waals surface area (Å²) < 4.78 is 16.9. The molecule has 4 rings (SSSR count). The van der Waals surface area contributed by atoms with Crippen LogP contribution in [0.15, 0.2) is 60.7 Å². The van der Waals surface area contributed by atoms with Crippen LogP contribution in [0, 0.1) is 5.41 Å². The summed E-state index contributed by atoms with van der Waals surface area (Å²) in [6.45, 7) is 10.8. The van der Waals surface area contributed by atoms with Crippen LogP contribution in [0.5, 0.6) is 11.5 Å². The number of hydrogen-bond acceptors (Lipinski definition) is 7. The number of nitrogens with one attached hydrogen (secondary N) is 1. The monoisotopic (exact) mass is 650 g/mol. The molecule has 0 spiro atoms. The summed E-state index contributed by atoms with van der Waals surface area (Å²) in [6.07, 6.45) is 0.491. The molecule has 0 saturated carbocycles. The third-order valence-electron chi connectivity index (χ3n) is 7.61. The number of ether oxygens (including phenoxy) is 3. The minimum Gasteiger partial charge on any atom is -0.465 e. The van der Waals surface area contributed by atoms with Gasteiger partial charge in [0.1, 0.15) is 17.1 Å². The number of rotatable bonds is 8. The van der Waals surface area contributed by atoms with E-state index in [1.54, 1.807) is 62.1 Å². The smallest absolute Gasteiger partial charge is 0.410 e.